The van der Waals surface area contributed by atoms with Crippen molar-refractivity contribution in [1.29, 1.82) is 0 Å². The Balaban J connectivity index is 1.95. The van der Waals surface area contributed by atoms with E-state index in [9.17, 15) is 0 Å². The van der Waals surface area contributed by atoms with Crippen molar-refractivity contribution in [3.05, 3.63) is 60.7 Å². The average Bonchev–Trinajstić information content (AvgIpc) is 2.56. The van der Waals surface area contributed by atoms with Crippen LogP contribution >= 0.6 is 0 Å². The highest BCUT2D eigenvalue weighted by molar-refractivity contribution is 5.62. The standard InChI is InChI=1S/C17H16N4O2/c1-21(2)15-16(22-13-9-5-3-6-10-13)18-20-19-17(15)23-14-11-7-4-8-12-14/h3-12H,1-2H3. The van der Waals surface area contributed by atoms with E-state index in [4.69, 9.17) is 9.47 Å². The van der Waals surface area contributed by atoms with Crippen LogP contribution in [0.2, 0.25) is 0 Å². The number of ether oxygens (including phenoxy) is 2. The van der Waals surface area contributed by atoms with E-state index in [0.29, 0.717) is 28.9 Å². The third-order valence-corrected chi connectivity index (χ3v) is 3.04. The lowest BCUT2D eigenvalue weighted by atomic mass is 10.3. The largest absolute Gasteiger partial charge is 0.436 e. The molecule has 0 aliphatic heterocycles. The van der Waals surface area contributed by atoms with Gasteiger partial charge in [0.15, 0.2) is 5.69 Å². The molecule has 1 heterocycles. The van der Waals surface area contributed by atoms with Gasteiger partial charge in [-0.15, -0.1) is 0 Å². The minimum absolute atomic E-state index is 0.335. The first kappa shape index (κ1) is 14.8. The SMILES string of the molecule is CN(C)c1c(Oc2ccccc2)nnnc1Oc1ccccc1. The van der Waals surface area contributed by atoms with Gasteiger partial charge in [-0.1, -0.05) is 46.6 Å². The number of hydrogen-bond acceptors (Lipinski definition) is 6. The topological polar surface area (TPSA) is 60.4 Å². The Labute approximate surface area is 134 Å². The van der Waals surface area contributed by atoms with E-state index in [0.717, 1.165) is 0 Å². The van der Waals surface area contributed by atoms with E-state index in [-0.39, 0.29) is 0 Å². The van der Waals surface area contributed by atoms with Gasteiger partial charge in [0, 0.05) is 14.1 Å². The van der Waals surface area contributed by atoms with Crippen molar-refractivity contribution < 1.29 is 9.47 Å². The van der Waals surface area contributed by atoms with Crippen LogP contribution in [0.15, 0.2) is 60.7 Å². The van der Waals surface area contributed by atoms with E-state index in [1.807, 2.05) is 79.7 Å². The summed E-state index contributed by atoms with van der Waals surface area (Å²) in [6.45, 7) is 0. The molecular formula is C17H16N4O2. The molecule has 0 atom stereocenters. The quantitative estimate of drug-likeness (QED) is 0.718. The maximum absolute atomic E-state index is 5.81. The van der Waals surface area contributed by atoms with Crippen LogP contribution in [0.1, 0.15) is 0 Å². The fourth-order valence-electron chi connectivity index (χ4n) is 2.01. The lowest BCUT2D eigenvalue weighted by Crippen LogP contribution is -2.14. The molecule has 0 N–H and O–H groups in total. The molecule has 0 spiro atoms. The fraction of sp³-hybridized carbons (Fsp3) is 0.118. The Morgan fingerprint density at radius 2 is 1.13 bits per heavy atom. The molecule has 0 bridgehead atoms. The number of para-hydroxylation sites is 2. The second kappa shape index (κ2) is 6.74. The predicted octanol–water partition coefficient (Wildman–Crippen LogP) is 3.52. The van der Waals surface area contributed by atoms with Crippen LogP contribution in [0, 0.1) is 0 Å². The highest BCUT2D eigenvalue weighted by Gasteiger charge is 2.19. The molecule has 0 radical (unpaired) electrons. The lowest BCUT2D eigenvalue weighted by Gasteiger charge is -2.18. The van der Waals surface area contributed by atoms with Gasteiger partial charge in [0.05, 0.1) is 0 Å². The van der Waals surface area contributed by atoms with Crippen LogP contribution < -0.4 is 14.4 Å². The number of benzene rings is 2. The maximum Gasteiger partial charge on any atom is 0.270 e. The van der Waals surface area contributed by atoms with Gasteiger partial charge in [-0.25, -0.2) is 0 Å². The first-order valence-electron chi connectivity index (χ1n) is 7.10. The number of aromatic nitrogens is 3. The van der Waals surface area contributed by atoms with Crippen LogP contribution in [0.25, 0.3) is 0 Å². The fourth-order valence-corrected chi connectivity index (χ4v) is 2.01. The van der Waals surface area contributed by atoms with Crippen molar-refractivity contribution in [1.82, 2.24) is 15.4 Å². The van der Waals surface area contributed by atoms with E-state index < -0.39 is 0 Å². The molecule has 3 rings (SSSR count). The Hall–Kier alpha value is -3.15. The second-order valence-corrected chi connectivity index (χ2v) is 4.97. The third kappa shape index (κ3) is 3.55. The normalized spacial score (nSPS) is 10.2. The van der Waals surface area contributed by atoms with Crippen LogP contribution in [-0.2, 0) is 0 Å². The van der Waals surface area contributed by atoms with Gasteiger partial charge in [-0.2, -0.15) is 0 Å². The van der Waals surface area contributed by atoms with Gasteiger partial charge in [0.2, 0.25) is 0 Å². The molecule has 0 saturated heterocycles. The molecule has 0 saturated carbocycles. The Kier molecular flexibility index (Phi) is 4.33. The Morgan fingerprint density at radius 3 is 1.52 bits per heavy atom. The number of hydrogen-bond donors (Lipinski definition) is 0. The minimum atomic E-state index is 0.335. The molecule has 2 aromatic carbocycles. The summed E-state index contributed by atoms with van der Waals surface area (Å²) in [5, 5.41) is 11.7. The van der Waals surface area contributed by atoms with Gasteiger partial charge in [-0.05, 0) is 29.5 Å². The van der Waals surface area contributed by atoms with Crippen molar-refractivity contribution in [2.24, 2.45) is 0 Å². The molecule has 0 amide bonds. The summed E-state index contributed by atoms with van der Waals surface area (Å²) >= 11 is 0. The summed E-state index contributed by atoms with van der Waals surface area (Å²) in [7, 11) is 3.74. The van der Waals surface area contributed by atoms with E-state index in [2.05, 4.69) is 15.4 Å². The van der Waals surface area contributed by atoms with Gasteiger partial charge in [0.25, 0.3) is 11.8 Å². The molecule has 0 fully saturated rings. The molecule has 116 valence electrons. The molecule has 6 nitrogen and oxygen atoms in total. The number of anilines is 1. The smallest absolute Gasteiger partial charge is 0.270 e. The molecule has 1 aromatic heterocycles. The highest BCUT2D eigenvalue weighted by Crippen LogP contribution is 2.36. The van der Waals surface area contributed by atoms with Crippen molar-refractivity contribution in [2.75, 3.05) is 19.0 Å². The van der Waals surface area contributed by atoms with E-state index in [1.165, 1.54) is 0 Å². The Morgan fingerprint density at radius 1 is 0.696 bits per heavy atom. The summed E-state index contributed by atoms with van der Waals surface area (Å²) in [4.78, 5) is 1.83. The van der Waals surface area contributed by atoms with Crippen molar-refractivity contribution in [3.8, 4) is 23.3 Å². The lowest BCUT2D eigenvalue weighted by molar-refractivity contribution is 0.417. The first-order valence-corrected chi connectivity index (χ1v) is 7.10. The average molecular weight is 308 g/mol. The molecular weight excluding hydrogens is 292 g/mol. The summed E-state index contributed by atoms with van der Waals surface area (Å²) in [5.74, 6) is 2.01. The van der Waals surface area contributed by atoms with Gasteiger partial charge >= 0.3 is 0 Å². The summed E-state index contributed by atoms with van der Waals surface area (Å²) in [5.41, 5.74) is 0.618. The molecule has 0 unspecified atom stereocenters. The molecule has 0 aliphatic carbocycles. The zero-order valence-corrected chi connectivity index (χ0v) is 12.9. The number of nitrogens with zero attached hydrogens (tertiary/aromatic N) is 4. The molecule has 6 heteroatoms. The molecule has 23 heavy (non-hydrogen) atoms. The van der Waals surface area contributed by atoms with Crippen molar-refractivity contribution >= 4 is 5.69 Å². The third-order valence-electron chi connectivity index (χ3n) is 3.04. The van der Waals surface area contributed by atoms with Crippen LogP contribution in [0.4, 0.5) is 5.69 Å². The second-order valence-electron chi connectivity index (χ2n) is 4.97. The zero-order valence-electron chi connectivity index (χ0n) is 12.9. The van der Waals surface area contributed by atoms with Crippen molar-refractivity contribution in [3.63, 3.8) is 0 Å². The van der Waals surface area contributed by atoms with Crippen molar-refractivity contribution in [2.45, 2.75) is 0 Å². The number of rotatable bonds is 5. The zero-order chi connectivity index (χ0) is 16.1. The summed E-state index contributed by atoms with van der Waals surface area (Å²) in [6.07, 6.45) is 0. The molecule has 0 aliphatic rings. The monoisotopic (exact) mass is 308 g/mol. The van der Waals surface area contributed by atoms with Gasteiger partial charge < -0.3 is 14.4 Å². The van der Waals surface area contributed by atoms with Crippen LogP contribution in [-0.4, -0.2) is 29.5 Å². The van der Waals surface area contributed by atoms with E-state index in [1.54, 1.807) is 0 Å². The predicted molar refractivity (Wildman–Crippen MR) is 87.2 cm³/mol. The van der Waals surface area contributed by atoms with Crippen LogP contribution in [0.5, 0.6) is 23.3 Å². The maximum atomic E-state index is 5.81. The highest BCUT2D eigenvalue weighted by atomic mass is 16.5. The van der Waals surface area contributed by atoms with Crippen LogP contribution in [0.3, 0.4) is 0 Å². The summed E-state index contributed by atoms with van der Waals surface area (Å²) < 4.78 is 11.6. The van der Waals surface area contributed by atoms with Gasteiger partial charge in [0.1, 0.15) is 11.5 Å². The van der Waals surface area contributed by atoms with E-state index >= 15 is 0 Å². The van der Waals surface area contributed by atoms with Gasteiger partial charge in [-0.3, -0.25) is 0 Å². The minimum Gasteiger partial charge on any atom is -0.436 e. The first-order chi connectivity index (χ1) is 11.2. The Bertz CT molecular complexity index is 704. The molecule has 3 aromatic rings. The summed E-state index contributed by atoms with van der Waals surface area (Å²) in [6, 6.07) is 18.8.